The lowest BCUT2D eigenvalue weighted by molar-refractivity contribution is -0.126. The summed E-state index contributed by atoms with van der Waals surface area (Å²) in [6, 6.07) is 10.0. The van der Waals surface area contributed by atoms with E-state index in [2.05, 4.69) is 15.8 Å². The zero-order valence-corrected chi connectivity index (χ0v) is 16.8. The number of hydrogen-bond donors (Lipinski definition) is 2. The standard InChI is InChI=1S/C19H19Cl2N3O4/c1-3-28-16-9-12(7-8-15(16)27-2)11-22-24-18(26)10-17(25)23-14-6-4-5-13(20)19(14)21/h4-9,11H,3,10H2,1-2H3,(H,23,25)(H,24,26). The van der Waals surface area contributed by atoms with Crippen LogP contribution in [0.2, 0.25) is 10.0 Å². The first-order valence-corrected chi connectivity index (χ1v) is 9.06. The molecule has 0 saturated heterocycles. The molecule has 0 aliphatic carbocycles. The molecule has 2 amide bonds. The van der Waals surface area contributed by atoms with Crippen LogP contribution in [-0.4, -0.2) is 31.7 Å². The minimum absolute atomic E-state index is 0.209. The molecule has 0 heterocycles. The molecule has 148 valence electrons. The Morgan fingerprint density at radius 3 is 2.64 bits per heavy atom. The van der Waals surface area contributed by atoms with Crippen LogP contribution in [0.15, 0.2) is 41.5 Å². The van der Waals surface area contributed by atoms with E-state index < -0.39 is 18.2 Å². The van der Waals surface area contributed by atoms with Gasteiger partial charge in [0.05, 0.1) is 35.7 Å². The number of methoxy groups -OCH3 is 1. The van der Waals surface area contributed by atoms with Gasteiger partial charge < -0.3 is 14.8 Å². The van der Waals surface area contributed by atoms with Crippen molar-refractivity contribution in [1.29, 1.82) is 0 Å². The van der Waals surface area contributed by atoms with Gasteiger partial charge in [0, 0.05) is 0 Å². The molecular formula is C19H19Cl2N3O4. The second-order valence-electron chi connectivity index (χ2n) is 5.46. The molecule has 2 aromatic carbocycles. The van der Waals surface area contributed by atoms with Crippen molar-refractivity contribution in [3.05, 3.63) is 52.0 Å². The minimum atomic E-state index is -0.578. The van der Waals surface area contributed by atoms with Gasteiger partial charge in [0.15, 0.2) is 11.5 Å². The number of hydrazone groups is 1. The number of nitrogens with one attached hydrogen (secondary N) is 2. The maximum absolute atomic E-state index is 12.0. The van der Waals surface area contributed by atoms with Crippen molar-refractivity contribution < 1.29 is 19.1 Å². The number of amides is 2. The van der Waals surface area contributed by atoms with Crippen molar-refractivity contribution in [2.75, 3.05) is 19.0 Å². The summed E-state index contributed by atoms with van der Waals surface area (Å²) >= 11 is 11.9. The molecule has 2 N–H and O–H groups in total. The van der Waals surface area contributed by atoms with E-state index >= 15 is 0 Å². The minimum Gasteiger partial charge on any atom is -0.493 e. The van der Waals surface area contributed by atoms with E-state index in [9.17, 15) is 9.59 Å². The Bertz CT molecular complexity index is 887. The summed E-state index contributed by atoms with van der Waals surface area (Å²) in [5, 5.41) is 6.88. The number of carbonyl (C=O) groups is 2. The number of benzene rings is 2. The molecule has 28 heavy (non-hydrogen) atoms. The third-order valence-corrected chi connectivity index (χ3v) is 4.26. The summed E-state index contributed by atoms with van der Waals surface area (Å²) < 4.78 is 10.7. The number of halogens is 2. The maximum atomic E-state index is 12.0. The van der Waals surface area contributed by atoms with Crippen LogP contribution in [0.4, 0.5) is 5.69 Å². The first-order chi connectivity index (χ1) is 13.4. The molecule has 7 nitrogen and oxygen atoms in total. The molecule has 0 unspecified atom stereocenters. The topological polar surface area (TPSA) is 89.0 Å². The van der Waals surface area contributed by atoms with Gasteiger partial charge in [0.1, 0.15) is 6.42 Å². The predicted octanol–water partition coefficient (Wildman–Crippen LogP) is 3.88. The molecule has 0 bridgehead atoms. The van der Waals surface area contributed by atoms with Crippen LogP contribution >= 0.6 is 23.2 Å². The largest absolute Gasteiger partial charge is 0.493 e. The zero-order valence-electron chi connectivity index (χ0n) is 15.3. The third-order valence-electron chi connectivity index (χ3n) is 3.44. The fourth-order valence-corrected chi connectivity index (χ4v) is 2.55. The van der Waals surface area contributed by atoms with E-state index in [0.717, 1.165) is 0 Å². The zero-order chi connectivity index (χ0) is 20.5. The second kappa shape index (κ2) is 10.5. The molecule has 0 aliphatic heterocycles. The van der Waals surface area contributed by atoms with Crippen LogP contribution in [0.25, 0.3) is 0 Å². The predicted molar refractivity (Wildman–Crippen MR) is 110 cm³/mol. The summed E-state index contributed by atoms with van der Waals surface area (Å²) in [6.45, 7) is 2.35. The van der Waals surface area contributed by atoms with Gasteiger partial charge in [-0.05, 0) is 42.8 Å². The molecule has 0 saturated carbocycles. The van der Waals surface area contributed by atoms with E-state index in [0.29, 0.717) is 34.4 Å². The summed E-state index contributed by atoms with van der Waals surface area (Å²) in [5.74, 6) is 0.0443. The Kier molecular flexibility index (Phi) is 8.10. The number of carbonyl (C=O) groups excluding carboxylic acids is 2. The van der Waals surface area contributed by atoms with Gasteiger partial charge in [-0.1, -0.05) is 29.3 Å². The molecule has 0 radical (unpaired) electrons. The highest BCUT2D eigenvalue weighted by molar-refractivity contribution is 6.44. The van der Waals surface area contributed by atoms with Crippen molar-refractivity contribution in [2.45, 2.75) is 13.3 Å². The molecule has 0 atom stereocenters. The van der Waals surface area contributed by atoms with Gasteiger partial charge in [0.25, 0.3) is 0 Å². The van der Waals surface area contributed by atoms with Gasteiger partial charge in [-0.25, -0.2) is 5.43 Å². The number of rotatable bonds is 8. The van der Waals surface area contributed by atoms with Crippen molar-refractivity contribution in [1.82, 2.24) is 5.43 Å². The quantitative estimate of drug-likeness (QED) is 0.383. The van der Waals surface area contributed by atoms with Crippen molar-refractivity contribution in [3.63, 3.8) is 0 Å². The lowest BCUT2D eigenvalue weighted by Gasteiger charge is -2.09. The van der Waals surface area contributed by atoms with E-state index in [-0.39, 0.29) is 5.02 Å². The number of anilines is 1. The summed E-state index contributed by atoms with van der Waals surface area (Å²) in [7, 11) is 1.55. The average Bonchev–Trinajstić information content (AvgIpc) is 2.66. The number of nitrogens with zero attached hydrogens (tertiary/aromatic N) is 1. The van der Waals surface area contributed by atoms with E-state index in [4.69, 9.17) is 32.7 Å². The average molecular weight is 424 g/mol. The molecular weight excluding hydrogens is 405 g/mol. The van der Waals surface area contributed by atoms with Crippen LogP contribution in [0.5, 0.6) is 11.5 Å². The smallest absolute Gasteiger partial charge is 0.249 e. The molecule has 0 fully saturated rings. The van der Waals surface area contributed by atoms with Crippen LogP contribution in [0.3, 0.4) is 0 Å². The highest BCUT2D eigenvalue weighted by atomic mass is 35.5. The van der Waals surface area contributed by atoms with Crippen LogP contribution in [0, 0.1) is 0 Å². The van der Waals surface area contributed by atoms with Crippen LogP contribution < -0.4 is 20.2 Å². The van der Waals surface area contributed by atoms with E-state index in [1.165, 1.54) is 6.21 Å². The maximum Gasteiger partial charge on any atom is 0.249 e. The monoisotopic (exact) mass is 423 g/mol. The lowest BCUT2D eigenvalue weighted by atomic mass is 10.2. The van der Waals surface area contributed by atoms with Crippen LogP contribution in [0.1, 0.15) is 18.9 Å². The SMILES string of the molecule is CCOc1cc(C=NNC(=O)CC(=O)Nc2cccc(Cl)c2Cl)ccc1OC. The molecule has 9 heteroatoms. The summed E-state index contributed by atoms with van der Waals surface area (Å²) in [6.07, 6.45) is 1.01. The van der Waals surface area contributed by atoms with E-state index in [1.54, 1.807) is 43.5 Å². The second-order valence-corrected chi connectivity index (χ2v) is 6.25. The molecule has 0 aliphatic rings. The number of ether oxygens (including phenoxy) is 2. The molecule has 2 rings (SSSR count). The van der Waals surface area contributed by atoms with Crippen molar-refractivity contribution in [3.8, 4) is 11.5 Å². The Labute approximate surface area is 172 Å². The highest BCUT2D eigenvalue weighted by Crippen LogP contribution is 2.29. The van der Waals surface area contributed by atoms with Gasteiger partial charge >= 0.3 is 0 Å². The van der Waals surface area contributed by atoms with Gasteiger partial charge in [-0.15, -0.1) is 0 Å². The Morgan fingerprint density at radius 2 is 1.93 bits per heavy atom. The van der Waals surface area contributed by atoms with Crippen molar-refractivity contribution in [2.24, 2.45) is 5.10 Å². The summed E-state index contributed by atoms with van der Waals surface area (Å²) in [4.78, 5) is 23.8. The Morgan fingerprint density at radius 1 is 1.14 bits per heavy atom. The molecule has 0 spiro atoms. The Hall–Kier alpha value is -2.77. The fourth-order valence-electron chi connectivity index (χ4n) is 2.20. The van der Waals surface area contributed by atoms with Crippen LogP contribution in [-0.2, 0) is 9.59 Å². The van der Waals surface area contributed by atoms with Gasteiger partial charge in [-0.2, -0.15) is 5.10 Å². The summed E-state index contributed by atoms with van der Waals surface area (Å²) in [5.41, 5.74) is 3.32. The molecule has 2 aromatic rings. The molecule has 0 aromatic heterocycles. The fraction of sp³-hybridized carbons (Fsp3) is 0.211. The Balaban J connectivity index is 1.90. The normalized spacial score (nSPS) is 10.6. The third kappa shape index (κ3) is 6.14. The van der Waals surface area contributed by atoms with Gasteiger partial charge in [0.2, 0.25) is 11.8 Å². The highest BCUT2D eigenvalue weighted by Gasteiger charge is 2.12. The van der Waals surface area contributed by atoms with Crippen molar-refractivity contribution >= 4 is 46.9 Å². The van der Waals surface area contributed by atoms with Gasteiger partial charge in [-0.3, -0.25) is 9.59 Å². The lowest BCUT2D eigenvalue weighted by Crippen LogP contribution is -2.24. The first kappa shape index (κ1) is 21.5. The first-order valence-electron chi connectivity index (χ1n) is 8.31. The number of hydrogen-bond acceptors (Lipinski definition) is 5. The van der Waals surface area contributed by atoms with E-state index in [1.807, 2.05) is 6.92 Å².